The molecule has 2 aromatic heterocycles. The number of aromatic amines is 2. The summed E-state index contributed by atoms with van der Waals surface area (Å²) in [6.45, 7) is 0. The van der Waals surface area contributed by atoms with Crippen molar-refractivity contribution in [1.29, 1.82) is 0 Å². The van der Waals surface area contributed by atoms with Crippen LogP contribution in [0.3, 0.4) is 0 Å². The summed E-state index contributed by atoms with van der Waals surface area (Å²) in [4.78, 5) is 7.32. The van der Waals surface area contributed by atoms with E-state index in [0.717, 1.165) is 24.1 Å². The van der Waals surface area contributed by atoms with Crippen molar-refractivity contribution in [2.24, 2.45) is 0 Å². The molecule has 4 nitrogen and oxygen atoms in total. The summed E-state index contributed by atoms with van der Waals surface area (Å²) in [5, 5.41) is 6.91. The van der Waals surface area contributed by atoms with Crippen LogP contribution < -0.4 is 0 Å². The molecular formula is C17H16N4. The molecular weight excluding hydrogens is 260 g/mol. The van der Waals surface area contributed by atoms with E-state index in [0.29, 0.717) is 0 Å². The smallest absolute Gasteiger partial charge is 0.0927 e. The molecule has 0 radical (unpaired) electrons. The van der Waals surface area contributed by atoms with E-state index in [1.165, 1.54) is 28.7 Å². The van der Waals surface area contributed by atoms with Crippen LogP contribution in [0.15, 0.2) is 43.1 Å². The van der Waals surface area contributed by atoms with Gasteiger partial charge in [-0.15, -0.1) is 0 Å². The minimum absolute atomic E-state index is 0.992. The van der Waals surface area contributed by atoms with Gasteiger partial charge in [0, 0.05) is 18.0 Å². The van der Waals surface area contributed by atoms with Crippen LogP contribution in [0.2, 0.25) is 0 Å². The van der Waals surface area contributed by atoms with Crippen molar-refractivity contribution >= 4 is 11.6 Å². The maximum atomic E-state index is 4.31. The normalized spacial score (nSPS) is 16.1. The van der Waals surface area contributed by atoms with E-state index in [2.05, 4.69) is 44.4 Å². The standard InChI is InChI=1S/C17H16N4/c1-2-12-4-5-13(15-8-20-21-9-15)7-17(12)14(3-1)6-16-10-18-11-19-16/h4-11H,1-3H2,(H,18,19)(H,20,21)/b14-6+. The molecule has 1 aliphatic rings. The lowest BCUT2D eigenvalue weighted by Gasteiger charge is -2.20. The number of hydrogen-bond acceptors (Lipinski definition) is 2. The van der Waals surface area contributed by atoms with Gasteiger partial charge in [-0.3, -0.25) is 5.10 Å². The Morgan fingerprint density at radius 1 is 1.10 bits per heavy atom. The van der Waals surface area contributed by atoms with Crippen molar-refractivity contribution in [3.63, 3.8) is 0 Å². The van der Waals surface area contributed by atoms with E-state index in [-0.39, 0.29) is 0 Å². The number of benzene rings is 1. The number of imidazole rings is 1. The number of nitrogens with one attached hydrogen (secondary N) is 2. The van der Waals surface area contributed by atoms with Crippen LogP contribution in [0.5, 0.6) is 0 Å². The topological polar surface area (TPSA) is 57.4 Å². The fourth-order valence-electron chi connectivity index (χ4n) is 2.96. The van der Waals surface area contributed by atoms with Gasteiger partial charge in [-0.2, -0.15) is 5.10 Å². The number of fused-ring (bicyclic) bond motifs is 1. The molecule has 21 heavy (non-hydrogen) atoms. The molecule has 0 atom stereocenters. The molecule has 0 unspecified atom stereocenters. The van der Waals surface area contributed by atoms with Crippen molar-refractivity contribution in [2.45, 2.75) is 19.3 Å². The summed E-state index contributed by atoms with van der Waals surface area (Å²) in [5.74, 6) is 0. The average molecular weight is 276 g/mol. The molecule has 0 saturated carbocycles. The highest BCUT2D eigenvalue weighted by Crippen LogP contribution is 2.34. The quantitative estimate of drug-likeness (QED) is 0.750. The van der Waals surface area contributed by atoms with Gasteiger partial charge in [-0.05, 0) is 53.7 Å². The number of H-pyrrole nitrogens is 2. The number of rotatable bonds is 2. The predicted octanol–water partition coefficient (Wildman–Crippen LogP) is 3.68. The van der Waals surface area contributed by atoms with Crippen molar-refractivity contribution in [3.8, 4) is 11.1 Å². The van der Waals surface area contributed by atoms with Gasteiger partial charge >= 0.3 is 0 Å². The summed E-state index contributed by atoms with van der Waals surface area (Å²) in [5.41, 5.74) is 7.47. The van der Waals surface area contributed by atoms with Gasteiger partial charge in [0.1, 0.15) is 0 Å². The minimum Gasteiger partial charge on any atom is -0.351 e. The fraction of sp³-hybridized carbons (Fsp3) is 0.176. The number of allylic oxidation sites excluding steroid dienone is 1. The van der Waals surface area contributed by atoms with E-state index < -0.39 is 0 Å². The van der Waals surface area contributed by atoms with E-state index in [4.69, 9.17) is 0 Å². The molecule has 1 aliphatic carbocycles. The summed E-state index contributed by atoms with van der Waals surface area (Å²) < 4.78 is 0. The molecule has 0 bridgehead atoms. The molecule has 0 spiro atoms. The number of aryl methyl sites for hydroxylation is 1. The molecule has 0 amide bonds. The number of aromatic nitrogens is 4. The van der Waals surface area contributed by atoms with E-state index in [9.17, 15) is 0 Å². The Kier molecular flexibility index (Phi) is 2.92. The zero-order chi connectivity index (χ0) is 14.1. The molecule has 104 valence electrons. The molecule has 3 aromatic rings. The van der Waals surface area contributed by atoms with Crippen LogP contribution >= 0.6 is 0 Å². The van der Waals surface area contributed by atoms with Crippen molar-refractivity contribution in [2.75, 3.05) is 0 Å². The van der Waals surface area contributed by atoms with Gasteiger partial charge < -0.3 is 4.98 Å². The minimum atomic E-state index is 0.992. The molecule has 0 fully saturated rings. The third kappa shape index (κ3) is 2.29. The number of hydrogen-bond donors (Lipinski definition) is 2. The second-order valence-electron chi connectivity index (χ2n) is 5.38. The summed E-state index contributed by atoms with van der Waals surface area (Å²) in [6, 6.07) is 6.70. The fourth-order valence-corrected chi connectivity index (χ4v) is 2.96. The zero-order valence-electron chi connectivity index (χ0n) is 11.6. The third-order valence-electron chi connectivity index (χ3n) is 4.02. The van der Waals surface area contributed by atoms with Crippen LogP contribution in [0.25, 0.3) is 22.8 Å². The van der Waals surface area contributed by atoms with Crippen LogP contribution in [-0.2, 0) is 6.42 Å². The van der Waals surface area contributed by atoms with Crippen LogP contribution in [-0.4, -0.2) is 20.2 Å². The second-order valence-corrected chi connectivity index (χ2v) is 5.38. The van der Waals surface area contributed by atoms with E-state index in [1.807, 2.05) is 18.6 Å². The van der Waals surface area contributed by atoms with Crippen molar-refractivity contribution in [1.82, 2.24) is 20.2 Å². The van der Waals surface area contributed by atoms with Crippen molar-refractivity contribution < 1.29 is 0 Å². The SMILES string of the molecule is C(=C1/CCCc2ccc(-c3cn[nH]c3)cc21)/c1c[nH]cn1. The molecule has 0 aliphatic heterocycles. The van der Waals surface area contributed by atoms with Crippen LogP contribution in [0.1, 0.15) is 29.7 Å². The summed E-state index contributed by atoms with van der Waals surface area (Å²) in [6.07, 6.45) is 13.1. The van der Waals surface area contributed by atoms with Gasteiger partial charge in [0.05, 0.1) is 18.2 Å². The number of nitrogens with zero attached hydrogens (tertiary/aromatic N) is 2. The van der Waals surface area contributed by atoms with Gasteiger partial charge in [-0.1, -0.05) is 12.1 Å². The Morgan fingerprint density at radius 3 is 2.90 bits per heavy atom. The van der Waals surface area contributed by atoms with Gasteiger partial charge in [0.15, 0.2) is 0 Å². The van der Waals surface area contributed by atoms with Gasteiger partial charge in [0.25, 0.3) is 0 Å². The second kappa shape index (κ2) is 5.05. The lowest BCUT2D eigenvalue weighted by atomic mass is 9.85. The Balaban J connectivity index is 1.80. The average Bonchev–Trinajstić information content (AvgIpc) is 3.21. The summed E-state index contributed by atoms with van der Waals surface area (Å²) >= 11 is 0. The Hall–Kier alpha value is -2.62. The lowest BCUT2D eigenvalue weighted by Crippen LogP contribution is -2.02. The largest absolute Gasteiger partial charge is 0.351 e. The monoisotopic (exact) mass is 276 g/mol. The maximum absolute atomic E-state index is 4.31. The summed E-state index contributed by atoms with van der Waals surface area (Å²) in [7, 11) is 0. The molecule has 2 N–H and O–H groups in total. The zero-order valence-corrected chi connectivity index (χ0v) is 11.6. The first kappa shape index (κ1) is 12.1. The van der Waals surface area contributed by atoms with Crippen molar-refractivity contribution in [3.05, 3.63) is 59.9 Å². The molecule has 4 rings (SSSR count). The molecule has 4 heteroatoms. The highest BCUT2D eigenvalue weighted by atomic mass is 15.1. The molecule has 1 aromatic carbocycles. The maximum Gasteiger partial charge on any atom is 0.0927 e. The Morgan fingerprint density at radius 2 is 2.10 bits per heavy atom. The first-order valence-corrected chi connectivity index (χ1v) is 7.22. The van der Waals surface area contributed by atoms with Crippen LogP contribution in [0.4, 0.5) is 0 Å². The predicted molar refractivity (Wildman–Crippen MR) is 83.4 cm³/mol. The van der Waals surface area contributed by atoms with E-state index >= 15 is 0 Å². The Labute approximate surface area is 123 Å². The third-order valence-corrected chi connectivity index (χ3v) is 4.02. The van der Waals surface area contributed by atoms with Gasteiger partial charge in [-0.25, -0.2) is 4.98 Å². The van der Waals surface area contributed by atoms with E-state index in [1.54, 1.807) is 6.33 Å². The molecule has 0 saturated heterocycles. The van der Waals surface area contributed by atoms with Gasteiger partial charge in [0.2, 0.25) is 0 Å². The highest BCUT2D eigenvalue weighted by molar-refractivity contribution is 5.84. The van der Waals surface area contributed by atoms with Crippen LogP contribution in [0, 0.1) is 0 Å². The first-order valence-electron chi connectivity index (χ1n) is 7.22. The lowest BCUT2D eigenvalue weighted by molar-refractivity contribution is 0.824. The Bertz CT molecular complexity index is 767. The molecule has 2 heterocycles. The highest BCUT2D eigenvalue weighted by Gasteiger charge is 2.15. The first-order chi connectivity index (χ1) is 10.4.